The largest absolute Gasteiger partial charge is 0.497 e. The molecule has 1 N–H and O–H groups in total. The summed E-state index contributed by atoms with van der Waals surface area (Å²) in [4.78, 5) is 5.52. The molecule has 4 heteroatoms. The standard InChI is InChI=1S/C12H14N2OS/c1-13-8-12-14-7-11(16-12)9-4-3-5-10(6-9)15-2/h3-7,13H,8H2,1-2H3. The Morgan fingerprint density at radius 1 is 1.44 bits per heavy atom. The van der Waals surface area contributed by atoms with Gasteiger partial charge in [-0.1, -0.05) is 12.1 Å². The molecule has 1 heterocycles. The first-order valence-electron chi connectivity index (χ1n) is 5.07. The minimum atomic E-state index is 0.814. The van der Waals surface area contributed by atoms with Crippen LogP contribution in [0.1, 0.15) is 5.01 Å². The highest BCUT2D eigenvalue weighted by Gasteiger charge is 2.04. The SMILES string of the molecule is CNCc1ncc(-c2cccc(OC)c2)s1. The molecule has 1 aromatic heterocycles. The first kappa shape index (κ1) is 11.1. The summed E-state index contributed by atoms with van der Waals surface area (Å²) in [5.74, 6) is 0.876. The summed E-state index contributed by atoms with van der Waals surface area (Å²) in [6.45, 7) is 0.814. The molecule has 1 aromatic carbocycles. The third kappa shape index (κ3) is 2.40. The van der Waals surface area contributed by atoms with Gasteiger partial charge in [-0.05, 0) is 24.7 Å². The Morgan fingerprint density at radius 2 is 2.31 bits per heavy atom. The molecule has 0 aliphatic rings. The molecule has 0 amide bonds. The molecule has 3 nitrogen and oxygen atoms in total. The van der Waals surface area contributed by atoms with Gasteiger partial charge >= 0.3 is 0 Å². The van der Waals surface area contributed by atoms with Crippen molar-refractivity contribution >= 4 is 11.3 Å². The Morgan fingerprint density at radius 3 is 3.06 bits per heavy atom. The highest BCUT2D eigenvalue weighted by Crippen LogP contribution is 2.28. The average molecular weight is 234 g/mol. The number of rotatable bonds is 4. The average Bonchev–Trinajstić information content (AvgIpc) is 2.78. The molecule has 0 radical (unpaired) electrons. The Hall–Kier alpha value is -1.39. The van der Waals surface area contributed by atoms with Crippen LogP contribution in [0, 0.1) is 0 Å². The molecule has 16 heavy (non-hydrogen) atoms. The molecule has 0 unspecified atom stereocenters. The van der Waals surface area contributed by atoms with E-state index in [0.29, 0.717) is 0 Å². The maximum absolute atomic E-state index is 5.20. The number of hydrogen-bond acceptors (Lipinski definition) is 4. The summed E-state index contributed by atoms with van der Waals surface area (Å²) in [6, 6.07) is 8.03. The van der Waals surface area contributed by atoms with E-state index < -0.39 is 0 Å². The number of methoxy groups -OCH3 is 1. The van der Waals surface area contributed by atoms with Gasteiger partial charge in [-0.2, -0.15) is 0 Å². The summed E-state index contributed by atoms with van der Waals surface area (Å²) in [7, 11) is 3.60. The lowest BCUT2D eigenvalue weighted by molar-refractivity contribution is 0.415. The van der Waals surface area contributed by atoms with Gasteiger partial charge in [-0.25, -0.2) is 4.98 Å². The zero-order chi connectivity index (χ0) is 11.4. The van der Waals surface area contributed by atoms with Gasteiger partial charge in [0.05, 0.1) is 12.0 Å². The van der Waals surface area contributed by atoms with Crippen LogP contribution in [0.3, 0.4) is 0 Å². The van der Waals surface area contributed by atoms with E-state index in [1.54, 1.807) is 18.4 Å². The van der Waals surface area contributed by atoms with Gasteiger partial charge in [0.25, 0.3) is 0 Å². The van der Waals surface area contributed by atoms with E-state index in [1.165, 1.54) is 4.88 Å². The molecular formula is C12H14N2OS. The van der Waals surface area contributed by atoms with Crippen molar-refractivity contribution in [2.75, 3.05) is 14.2 Å². The van der Waals surface area contributed by atoms with Crippen molar-refractivity contribution in [3.05, 3.63) is 35.5 Å². The quantitative estimate of drug-likeness (QED) is 0.882. The van der Waals surface area contributed by atoms with Crippen LogP contribution in [0.15, 0.2) is 30.5 Å². The topological polar surface area (TPSA) is 34.2 Å². The van der Waals surface area contributed by atoms with Gasteiger partial charge in [-0.3, -0.25) is 0 Å². The van der Waals surface area contributed by atoms with E-state index in [2.05, 4.69) is 16.4 Å². The van der Waals surface area contributed by atoms with Crippen LogP contribution in [-0.2, 0) is 6.54 Å². The third-order valence-corrected chi connectivity index (χ3v) is 3.28. The summed E-state index contributed by atoms with van der Waals surface area (Å²) in [5.41, 5.74) is 1.15. The molecule has 0 saturated heterocycles. The van der Waals surface area contributed by atoms with Crippen LogP contribution in [0.5, 0.6) is 5.75 Å². The van der Waals surface area contributed by atoms with Crippen molar-refractivity contribution in [2.24, 2.45) is 0 Å². The molecule has 2 aromatic rings. The third-order valence-electron chi connectivity index (χ3n) is 2.24. The Labute approximate surface area is 99.1 Å². The number of ether oxygens (including phenoxy) is 1. The highest BCUT2D eigenvalue weighted by atomic mass is 32.1. The van der Waals surface area contributed by atoms with Gasteiger partial charge in [0.1, 0.15) is 10.8 Å². The fourth-order valence-corrected chi connectivity index (χ4v) is 2.38. The fourth-order valence-electron chi connectivity index (χ4n) is 1.45. The van der Waals surface area contributed by atoms with Gasteiger partial charge < -0.3 is 10.1 Å². The lowest BCUT2D eigenvalue weighted by atomic mass is 10.2. The van der Waals surface area contributed by atoms with Crippen molar-refractivity contribution in [1.82, 2.24) is 10.3 Å². The monoisotopic (exact) mass is 234 g/mol. The van der Waals surface area contributed by atoms with E-state index in [4.69, 9.17) is 4.74 Å². The highest BCUT2D eigenvalue weighted by molar-refractivity contribution is 7.15. The summed E-state index contributed by atoms with van der Waals surface area (Å²) in [6.07, 6.45) is 1.91. The molecular weight excluding hydrogens is 220 g/mol. The van der Waals surface area contributed by atoms with E-state index >= 15 is 0 Å². The van der Waals surface area contributed by atoms with Crippen LogP contribution >= 0.6 is 11.3 Å². The van der Waals surface area contributed by atoms with Crippen LogP contribution in [0.2, 0.25) is 0 Å². The summed E-state index contributed by atoms with van der Waals surface area (Å²) >= 11 is 1.70. The van der Waals surface area contributed by atoms with E-state index in [0.717, 1.165) is 22.9 Å². The minimum Gasteiger partial charge on any atom is -0.497 e. The van der Waals surface area contributed by atoms with Crippen LogP contribution in [-0.4, -0.2) is 19.1 Å². The second-order valence-corrected chi connectivity index (χ2v) is 4.50. The lowest BCUT2D eigenvalue weighted by Crippen LogP contribution is -2.03. The zero-order valence-corrected chi connectivity index (χ0v) is 10.2. The molecule has 2 rings (SSSR count). The second-order valence-electron chi connectivity index (χ2n) is 3.38. The number of aromatic nitrogens is 1. The molecule has 0 fully saturated rings. The smallest absolute Gasteiger partial charge is 0.119 e. The van der Waals surface area contributed by atoms with Crippen molar-refractivity contribution in [3.63, 3.8) is 0 Å². The maximum Gasteiger partial charge on any atom is 0.119 e. The normalized spacial score (nSPS) is 10.4. The van der Waals surface area contributed by atoms with E-state index in [1.807, 2.05) is 31.4 Å². The minimum absolute atomic E-state index is 0.814. The predicted octanol–water partition coefficient (Wildman–Crippen LogP) is 2.54. The predicted molar refractivity (Wildman–Crippen MR) is 66.9 cm³/mol. The number of thiazole rings is 1. The van der Waals surface area contributed by atoms with Crippen molar-refractivity contribution in [1.29, 1.82) is 0 Å². The Bertz CT molecular complexity index is 468. The number of hydrogen-bond donors (Lipinski definition) is 1. The van der Waals surface area contributed by atoms with Crippen molar-refractivity contribution in [2.45, 2.75) is 6.54 Å². The van der Waals surface area contributed by atoms with Gasteiger partial charge in [0, 0.05) is 12.7 Å². The van der Waals surface area contributed by atoms with Gasteiger partial charge in [0.2, 0.25) is 0 Å². The lowest BCUT2D eigenvalue weighted by Gasteiger charge is -2.01. The van der Waals surface area contributed by atoms with Gasteiger partial charge in [-0.15, -0.1) is 11.3 Å². The van der Waals surface area contributed by atoms with Crippen molar-refractivity contribution < 1.29 is 4.74 Å². The maximum atomic E-state index is 5.20. The number of nitrogens with one attached hydrogen (secondary N) is 1. The fraction of sp³-hybridized carbons (Fsp3) is 0.250. The van der Waals surface area contributed by atoms with Crippen molar-refractivity contribution in [3.8, 4) is 16.2 Å². The second kappa shape index (κ2) is 5.09. The zero-order valence-electron chi connectivity index (χ0n) is 9.36. The molecule has 84 valence electrons. The van der Waals surface area contributed by atoms with Crippen LogP contribution in [0.25, 0.3) is 10.4 Å². The first-order chi connectivity index (χ1) is 7.83. The molecule has 0 aliphatic heterocycles. The van der Waals surface area contributed by atoms with E-state index in [-0.39, 0.29) is 0 Å². The van der Waals surface area contributed by atoms with Gasteiger partial charge in [0.15, 0.2) is 0 Å². The first-order valence-corrected chi connectivity index (χ1v) is 5.89. The summed E-state index contributed by atoms with van der Waals surface area (Å²) < 4.78 is 5.20. The Balaban J connectivity index is 2.27. The number of nitrogens with zero attached hydrogens (tertiary/aromatic N) is 1. The molecule has 0 bridgehead atoms. The van der Waals surface area contributed by atoms with E-state index in [9.17, 15) is 0 Å². The molecule has 0 spiro atoms. The molecule has 0 saturated carbocycles. The summed E-state index contributed by atoms with van der Waals surface area (Å²) in [5, 5.41) is 4.19. The number of benzene rings is 1. The Kier molecular flexibility index (Phi) is 3.54. The van der Waals surface area contributed by atoms with Crippen LogP contribution in [0.4, 0.5) is 0 Å². The molecule has 0 atom stereocenters. The molecule has 0 aliphatic carbocycles. The van der Waals surface area contributed by atoms with Crippen LogP contribution < -0.4 is 10.1 Å².